The third kappa shape index (κ3) is 3.21. The maximum absolute atomic E-state index is 13.2. The van der Waals surface area contributed by atoms with Gasteiger partial charge in [0.1, 0.15) is 5.54 Å². The first-order chi connectivity index (χ1) is 12.3. The van der Waals surface area contributed by atoms with Gasteiger partial charge in [0.2, 0.25) is 0 Å². The Hall–Kier alpha value is -2.00. The molecule has 1 atom stereocenters. The summed E-state index contributed by atoms with van der Waals surface area (Å²) in [4.78, 5) is 28.1. The molecule has 0 saturated carbocycles. The second-order valence-corrected chi connectivity index (χ2v) is 7.88. The van der Waals surface area contributed by atoms with Crippen LogP contribution in [0.25, 0.3) is 0 Å². The molecule has 1 aliphatic rings. The van der Waals surface area contributed by atoms with Crippen LogP contribution in [0.15, 0.2) is 46.9 Å². The highest BCUT2D eigenvalue weighted by molar-refractivity contribution is 9.10. The second-order valence-electron chi connectivity index (χ2n) is 6.09. The lowest BCUT2D eigenvalue weighted by Gasteiger charge is -2.27. The van der Waals surface area contributed by atoms with Crippen molar-refractivity contribution in [2.45, 2.75) is 18.9 Å². The molecule has 7 heteroatoms. The predicted octanol–water partition coefficient (Wildman–Crippen LogP) is 5.12. The van der Waals surface area contributed by atoms with Gasteiger partial charge in [0, 0.05) is 27.0 Å². The Bertz CT molecular complexity index is 919. The highest BCUT2D eigenvalue weighted by Gasteiger charge is 2.54. The Morgan fingerprint density at radius 1 is 1.12 bits per heavy atom. The lowest BCUT2D eigenvalue weighted by molar-refractivity contribution is -0.123. The molecule has 3 rings (SSSR count). The van der Waals surface area contributed by atoms with E-state index in [9.17, 15) is 9.59 Å². The van der Waals surface area contributed by atoms with Crippen LogP contribution in [0.5, 0.6) is 0 Å². The van der Waals surface area contributed by atoms with Crippen molar-refractivity contribution in [3.8, 4) is 12.5 Å². The normalized spacial score (nSPS) is 19.8. The van der Waals surface area contributed by atoms with Gasteiger partial charge in [-0.2, -0.15) is 0 Å². The molecular formula is C19H13BrCl2N2O2. The van der Waals surface area contributed by atoms with Crippen molar-refractivity contribution in [2.75, 3.05) is 4.90 Å². The summed E-state index contributed by atoms with van der Waals surface area (Å²) in [6, 6.07) is 13.8. The van der Waals surface area contributed by atoms with Crippen LogP contribution in [0.4, 0.5) is 10.5 Å². The van der Waals surface area contributed by atoms with Gasteiger partial charge in [-0.15, -0.1) is 0 Å². The Kier molecular flexibility index (Phi) is 5.03. The fourth-order valence-electron chi connectivity index (χ4n) is 2.98. The first-order valence-corrected chi connectivity index (χ1v) is 9.16. The van der Waals surface area contributed by atoms with E-state index in [1.165, 1.54) is 18.2 Å². The van der Waals surface area contributed by atoms with Gasteiger partial charge in [-0.05, 0) is 42.8 Å². The minimum absolute atomic E-state index is 0.278. The average Bonchev–Trinajstić information content (AvgIpc) is 2.75. The smallest absolute Gasteiger partial charge is 0.271 e. The van der Waals surface area contributed by atoms with E-state index in [0.29, 0.717) is 10.0 Å². The Morgan fingerprint density at radius 3 is 2.23 bits per heavy atom. The number of halogens is 3. The van der Waals surface area contributed by atoms with Crippen molar-refractivity contribution < 1.29 is 9.59 Å². The summed E-state index contributed by atoms with van der Waals surface area (Å²) in [5.41, 5.74) is -0.0468. The van der Waals surface area contributed by atoms with E-state index in [2.05, 4.69) is 22.0 Å². The van der Waals surface area contributed by atoms with Crippen LogP contribution in [-0.4, -0.2) is 22.4 Å². The molecule has 1 heterocycles. The summed E-state index contributed by atoms with van der Waals surface area (Å²) in [6.45, 7) is 1.65. The summed E-state index contributed by atoms with van der Waals surface area (Å²) < 4.78 is 0.921. The summed E-state index contributed by atoms with van der Waals surface area (Å²) in [6.07, 6.45) is 5.83. The molecule has 0 spiro atoms. The molecule has 0 bridgehead atoms. The zero-order valence-corrected chi connectivity index (χ0v) is 16.8. The van der Waals surface area contributed by atoms with E-state index in [0.717, 1.165) is 19.8 Å². The number of benzene rings is 2. The molecule has 3 amide bonds. The number of hydrogen-bond acceptors (Lipinski definition) is 2. The third-order valence-electron chi connectivity index (χ3n) is 4.24. The molecule has 1 aliphatic heterocycles. The largest absolute Gasteiger partial charge is 0.344 e. The molecule has 0 unspecified atom stereocenters. The molecule has 0 radical (unpaired) electrons. The Balaban J connectivity index is 2.03. The van der Waals surface area contributed by atoms with Crippen LogP contribution in [0.3, 0.4) is 0 Å². The summed E-state index contributed by atoms with van der Waals surface area (Å²) >= 11 is 15.4. The van der Waals surface area contributed by atoms with Crippen LogP contribution in [-0.2, 0) is 11.2 Å². The average molecular weight is 452 g/mol. The Morgan fingerprint density at radius 2 is 1.69 bits per heavy atom. The van der Waals surface area contributed by atoms with Gasteiger partial charge in [0.15, 0.2) is 0 Å². The highest BCUT2D eigenvalue weighted by Crippen LogP contribution is 2.36. The van der Waals surface area contributed by atoms with E-state index in [1.807, 2.05) is 24.3 Å². The zero-order valence-electron chi connectivity index (χ0n) is 13.7. The number of anilines is 1. The molecule has 0 aromatic heterocycles. The van der Waals surface area contributed by atoms with Crippen LogP contribution < -0.4 is 4.90 Å². The number of nitrogens with zero attached hydrogens (tertiary/aromatic N) is 2. The van der Waals surface area contributed by atoms with E-state index in [4.69, 9.17) is 29.6 Å². The van der Waals surface area contributed by atoms with E-state index >= 15 is 0 Å². The number of rotatable bonds is 3. The molecule has 1 fully saturated rings. The van der Waals surface area contributed by atoms with Crippen molar-refractivity contribution >= 4 is 56.8 Å². The van der Waals surface area contributed by atoms with Gasteiger partial charge >= 0.3 is 6.03 Å². The standard InChI is InChI=1S/C19H13BrCl2N2O2/c1-3-23-18(26)24(16-9-14(21)8-15(22)10-16)17(25)19(23,2)11-12-4-6-13(20)7-5-12/h1,4-10H,11H2,2H3/t19-/m1/s1. The molecule has 2 aromatic rings. The van der Waals surface area contributed by atoms with Crippen LogP contribution in [0, 0.1) is 12.5 Å². The van der Waals surface area contributed by atoms with E-state index in [1.54, 1.807) is 6.92 Å². The topological polar surface area (TPSA) is 40.6 Å². The minimum Gasteiger partial charge on any atom is -0.271 e. The van der Waals surface area contributed by atoms with Crippen molar-refractivity contribution in [3.63, 3.8) is 0 Å². The first kappa shape index (κ1) is 18.8. The van der Waals surface area contributed by atoms with Gasteiger partial charge in [0.25, 0.3) is 5.91 Å². The number of carbonyl (C=O) groups is 2. The van der Waals surface area contributed by atoms with Crippen molar-refractivity contribution in [2.24, 2.45) is 0 Å². The molecule has 0 aliphatic carbocycles. The number of terminal acetylenes is 1. The lowest BCUT2D eigenvalue weighted by atomic mass is 9.91. The van der Waals surface area contributed by atoms with Crippen LogP contribution in [0.1, 0.15) is 12.5 Å². The van der Waals surface area contributed by atoms with Crippen molar-refractivity contribution in [1.29, 1.82) is 0 Å². The number of amides is 3. The zero-order chi connectivity index (χ0) is 19.1. The van der Waals surface area contributed by atoms with Crippen LogP contribution >= 0.6 is 39.1 Å². The molecule has 132 valence electrons. The minimum atomic E-state index is -1.21. The van der Waals surface area contributed by atoms with E-state index < -0.39 is 17.5 Å². The Labute approximate surface area is 169 Å². The molecular weight excluding hydrogens is 439 g/mol. The SMILES string of the molecule is C#CN1C(=O)N(c2cc(Cl)cc(Cl)c2)C(=O)[C@@]1(C)Cc1ccc(Br)cc1. The molecule has 0 N–H and O–H groups in total. The van der Waals surface area contributed by atoms with Crippen molar-refractivity contribution in [3.05, 3.63) is 62.5 Å². The maximum Gasteiger partial charge on any atom is 0.344 e. The van der Waals surface area contributed by atoms with Gasteiger partial charge in [0.05, 0.1) is 5.69 Å². The lowest BCUT2D eigenvalue weighted by Crippen LogP contribution is -2.46. The summed E-state index contributed by atoms with van der Waals surface area (Å²) in [5, 5.41) is 0.642. The van der Waals surface area contributed by atoms with Gasteiger partial charge in [-0.3, -0.25) is 4.79 Å². The van der Waals surface area contributed by atoms with Gasteiger partial charge in [-0.25, -0.2) is 14.6 Å². The van der Waals surface area contributed by atoms with Crippen molar-refractivity contribution in [1.82, 2.24) is 4.90 Å². The summed E-state index contributed by atoms with van der Waals surface area (Å²) in [7, 11) is 0. The number of imide groups is 1. The predicted molar refractivity (Wildman–Crippen MR) is 106 cm³/mol. The van der Waals surface area contributed by atoms with Gasteiger partial charge < -0.3 is 0 Å². The molecule has 1 saturated heterocycles. The highest BCUT2D eigenvalue weighted by atomic mass is 79.9. The fourth-order valence-corrected chi connectivity index (χ4v) is 3.76. The monoisotopic (exact) mass is 450 g/mol. The number of hydrogen-bond donors (Lipinski definition) is 0. The maximum atomic E-state index is 13.2. The molecule has 4 nitrogen and oxygen atoms in total. The fraction of sp³-hybridized carbons (Fsp3) is 0.158. The van der Waals surface area contributed by atoms with Gasteiger partial charge in [-0.1, -0.05) is 57.7 Å². The van der Waals surface area contributed by atoms with Crippen LogP contribution in [0.2, 0.25) is 10.0 Å². The molecule has 2 aromatic carbocycles. The quantitative estimate of drug-likeness (QED) is 0.480. The number of carbonyl (C=O) groups excluding carboxylic acids is 2. The molecule has 26 heavy (non-hydrogen) atoms. The summed E-state index contributed by atoms with van der Waals surface area (Å²) in [5.74, 6) is -0.429. The first-order valence-electron chi connectivity index (χ1n) is 7.62. The number of urea groups is 1. The van der Waals surface area contributed by atoms with E-state index in [-0.39, 0.29) is 12.1 Å². The second kappa shape index (κ2) is 6.96. The third-order valence-corrected chi connectivity index (χ3v) is 5.20.